The van der Waals surface area contributed by atoms with Gasteiger partial charge in [0.2, 0.25) is 0 Å². The maximum atomic E-state index is 10.5. The van der Waals surface area contributed by atoms with Gasteiger partial charge in [0.15, 0.2) is 5.75 Å². The quantitative estimate of drug-likeness (QED) is 0.876. The van der Waals surface area contributed by atoms with Crippen molar-refractivity contribution < 1.29 is 14.6 Å². The molecule has 2 aromatic rings. The molecule has 88 valence electrons. The fourth-order valence-corrected chi connectivity index (χ4v) is 1.44. The highest BCUT2D eigenvalue weighted by molar-refractivity contribution is 5.66. The average Bonchev–Trinajstić information content (AvgIpc) is 2.64. The summed E-state index contributed by atoms with van der Waals surface area (Å²) in [6.07, 6.45) is 3.04. The molecular weight excluding hydrogens is 220 g/mol. The standard InChI is InChI=1S/C12H12N2O3/c1-9-3-2-4-10(5-9)17-11-6-13-14(7-11)8-12(15)16/h2-7H,8H2,1H3,(H,15,16). The third-order valence-electron chi connectivity index (χ3n) is 2.13. The summed E-state index contributed by atoms with van der Waals surface area (Å²) < 4.78 is 6.86. The summed E-state index contributed by atoms with van der Waals surface area (Å²) in [7, 11) is 0. The van der Waals surface area contributed by atoms with Gasteiger partial charge in [-0.15, -0.1) is 0 Å². The molecule has 0 unspecified atom stereocenters. The molecule has 0 aliphatic carbocycles. The molecule has 0 amide bonds. The Morgan fingerprint density at radius 2 is 2.29 bits per heavy atom. The summed E-state index contributed by atoms with van der Waals surface area (Å²) in [6, 6.07) is 7.60. The smallest absolute Gasteiger partial charge is 0.325 e. The third-order valence-corrected chi connectivity index (χ3v) is 2.13. The van der Waals surface area contributed by atoms with Crippen LogP contribution >= 0.6 is 0 Å². The average molecular weight is 232 g/mol. The molecule has 1 heterocycles. The van der Waals surface area contributed by atoms with Crippen LogP contribution in [-0.2, 0) is 11.3 Å². The van der Waals surface area contributed by atoms with E-state index < -0.39 is 5.97 Å². The molecule has 0 atom stereocenters. The zero-order valence-electron chi connectivity index (χ0n) is 9.33. The second-order valence-electron chi connectivity index (χ2n) is 3.69. The molecule has 5 heteroatoms. The van der Waals surface area contributed by atoms with E-state index in [2.05, 4.69) is 5.10 Å². The predicted octanol–water partition coefficient (Wildman–Crippen LogP) is 2.07. The Balaban J connectivity index is 2.08. The van der Waals surface area contributed by atoms with Crippen LogP contribution in [0.4, 0.5) is 0 Å². The predicted molar refractivity (Wildman–Crippen MR) is 61.1 cm³/mol. The van der Waals surface area contributed by atoms with E-state index in [0.29, 0.717) is 11.5 Å². The first kappa shape index (κ1) is 11.2. The van der Waals surface area contributed by atoms with Gasteiger partial charge in [-0.2, -0.15) is 5.10 Å². The topological polar surface area (TPSA) is 64.4 Å². The van der Waals surface area contributed by atoms with E-state index in [1.807, 2.05) is 31.2 Å². The van der Waals surface area contributed by atoms with Crippen molar-refractivity contribution in [3.05, 3.63) is 42.2 Å². The highest BCUT2D eigenvalue weighted by Gasteiger charge is 2.04. The molecule has 1 aromatic carbocycles. The van der Waals surface area contributed by atoms with Crippen LogP contribution in [0.25, 0.3) is 0 Å². The number of hydrogen-bond acceptors (Lipinski definition) is 3. The number of aliphatic carboxylic acids is 1. The van der Waals surface area contributed by atoms with Gasteiger partial charge in [0, 0.05) is 0 Å². The van der Waals surface area contributed by atoms with Crippen LogP contribution in [0, 0.1) is 6.92 Å². The van der Waals surface area contributed by atoms with E-state index in [1.54, 1.807) is 6.20 Å². The molecule has 0 radical (unpaired) electrons. The number of hydrogen-bond donors (Lipinski definition) is 1. The van der Waals surface area contributed by atoms with Crippen LogP contribution in [0.3, 0.4) is 0 Å². The Bertz CT molecular complexity index is 534. The molecule has 0 aliphatic heterocycles. The molecule has 1 N–H and O–H groups in total. The van der Waals surface area contributed by atoms with Crippen LogP contribution < -0.4 is 4.74 Å². The number of carboxylic acid groups (broad SMARTS) is 1. The number of ether oxygens (including phenoxy) is 1. The Morgan fingerprint density at radius 1 is 1.47 bits per heavy atom. The molecule has 0 saturated heterocycles. The molecule has 0 aliphatic rings. The maximum absolute atomic E-state index is 10.5. The fraction of sp³-hybridized carbons (Fsp3) is 0.167. The first-order valence-corrected chi connectivity index (χ1v) is 5.12. The van der Waals surface area contributed by atoms with Crippen molar-refractivity contribution in [2.75, 3.05) is 0 Å². The summed E-state index contributed by atoms with van der Waals surface area (Å²) in [5, 5.41) is 12.5. The van der Waals surface area contributed by atoms with Crippen molar-refractivity contribution in [1.82, 2.24) is 9.78 Å². The maximum Gasteiger partial charge on any atom is 0.325 e. The highest BCUT2D eigenvalue weighted by atomic mass is 16.5. The van der Waals surface area contributed by atoms with E-state index in [1.165, 1.54) is 10.9 Å². The normalized spacial score (nSPS) is 10.2. The Hall–Kier alpha value is -2.30. The molecule has 1 aromatic heterocycles. The Morgan fingerprint density at radius 3 is 3.00 bits per heavy atom. The third kappa shape index (κ3) is 3.07. The molecule has 0 fully saturated rings. The number of aryl methyl sites for hydroxylation is 1. The van der Waals surface area contributed by atoms with Gasteiger partial charge in [0.25, 0.3) is 0 Å². The highest BCUT2D eigenvalue weighted by Crippen LogP contribution is 2.21. The zero-order chi connectivity index (χ0) is 12.3. The molecule has 0 saturated carbocycles. The van der Waals surface area contributed by atoms with Crippen LogP contribution in [0.1, 0.15) is 5.56 Å². The molecule has 2 rings (SSSR count). The first-order valence-electron chi connectivity index (χ1n) is 5.12. The number of nitrogens with zero attached hydrogens (tertiary/aromatic N) is 2. The van der Waals surface area contributed by atoms with E-state index in [4.69, 9.17) is 9.84 Å². The van der Waals surface area contributed by atoms with Crippen LogP contribution in [0.2, 0.25) is 0 Å². The summed E-state index contributed by atoms with van der Waals surface area (Å²) in [4.78, 5) is 10.5. The second-order valence-corrected chi connectivity index (χ2v) is 3.69. The number of carbonyl (C=O) groups is 1. The SMILES string of the molecule is Cc1cccc(Oc2cnn(CC(=O)O)c2)c1. The van der Waals surface area contributed by atoms with Crippen molar-refractivity contribution in [3.8, 4) is 11.5 Å². The summed E-state index contributed by atoms with van der Waals surface area (Å²) in [6.45, 7) is 1.80. The minimum Gasteiger partial charge on any atom is -0.480 e. The van der Waals surface area contributed by atoms with Crippen molar-refractivity contribution in [2.24, 2.45) is 0 Å². The molecule has 0 bridgehead atoms. The Kier molecular flexibility index (Phi) is 3.09. The monoisotopic (exact) mass is 232 g/mol. The molecule has 17 heavy (non-hydrogen) atoms. The number of carboxylic acids is 1. The van der Waals surface area contributed by atoms with Crippen LogP contribution in [-0.4, -0.2) is 20.9 Å². The van der Waals surface area contributed by atoms with Gasteiger partial charge in [-0.1, -0.05) is 12.1 Å². The lowest BCUT2D eigenvalue weighted by atomic mass is 10.2. The molecule has 5 nitrogen and oxygen atoms in total. The summed E-state index contributed by atoms with van der Waals surface area (Å²) >= 11 is 0. The van der Waals surface area contributed by atoms with Gasteiger partial charge < -0.3 is 9.84 Å². The summed E-state index contributed by atoms with van der Waals surface area (Å²) in [5.41, 5.74) is 1.10. The lowest BCUT2D eigenvalue weighted by Gasteiger charge is -2.02. The van der Waals surface area contributed by atoms with Crippen molar-refractivity contribution in [2.45, 2.75) is 13.5 Å². The minimum atomic E-state index is -0.935. The fourth-order valence-electron chi connectivity index (χ4n) is 1.44. The lowest BCUT2D eigenvalue weighted by molar-refractivity contribution is -0.137. The van der Waals surface area contributed by atoms with Crippen molar-refractivity contribution in [3.63, 3.8) is 0 Å². The first-order chi connectivity index (χ1) is 8.13. The van der Waals surface area contributed by atoms with E-state index in [-0.39, 0.29) is 6.54 Å². The van der Waals surface area contributed by atoms with Gasteiger partial charge >= 0.3 is 5.97 Å². The lowest BCUT2D eigenvalue weighted by Crippen LogP contribution is -2.08. The van der Waals surface area contributed by atoms with E-state index >= 15 is 0 Å². The number of rotatable bonds is 4. The second kappa shape index (κ2) is 4.69. The minimum absolute atomic E-state index is 0.169. The van der Waals surface area contributed by atoms with Crippen LogP contribution in [0.15, 0.2) is 36.7 Å². The molecular formula is C12H12N2O3. The zero-order valence-corrected chi connectivity index (χ0v) is 9.33. The largest absolute Gasteiger partial charge is 0.480 e. The molecule has 0 spiro atoms. The van der Waals surface area contributed by atoms with Gasteiger partial charge in [-0.25, -0.2) is 0 Å². The van der Waals surface area contributed by atoms with Gasteiger partial charge in [0.05, 0.1) is 12.4 Å². The number of benzene rings is 1. The van der Waals surface area contributed by atoms with E-state index in [9.17, 15) is 4.79 Å². The van der Waals surface area contributed by atoms with Crippen LogP contribution in [0.5, 0.6) is 11.5 Å². The van der Waals surface area contributed by atoms with Crippen molar-refractivity contribution >= 4 is 5.97 Å². The van der Waals surface area contributed by atoms with Crippen molar-refractivity contribution in [1.29, 1.82) is 0 Å². The van der Waals surface area contributed by atoms with Gasteiger partial charge in [0.1, 0.15) is 12.3 Å². The summed E-state index contributed by atoms with van der Waals surface area (Å²) in [5.74, 6) is 0.298. The van der Waals surface area contributed by atoms with Gasteiger partial charge in [-0.3, -0.25) is 9.48 Å². The van der Waals surface area contributed by atoms with E-state index in [0.717, 1.165) is 5.56 Å². The number of aromatic nitrogens is 2. The Labute approximate surface area is 98.3 Å². The van der Waals surface area contributed by atoms with Gasteiger partial charge in [-0.05, 0) is 24.6 Å².